The van der Waals surface area contributed by atoms with Crippen molar-refractivity contribution < 1.29 is 24.2 Å². The summed E-state index contributed by atoms with van der Waals surface area (Å²) in [5.41, 5.74) is 0.0830. The van der Waals surface area contributed by atoms with Crippen molar-refractivity contribution in [2.24, 2.45) is 0 Å². The van der Waals surface area contributed by atoms with E-state index in [0.29, 0.717) is 6.61 Å². The van der Waals surface area contributed by atoms with Gasteiger partial charge in [-0.25, -0.2) is 4.79 Å². The van der Waals surface area contributed by atoms with Crippen LogP contribution >= 0.6 is 0 Å². The molecule has 0 amide bonds. The lowest BCUT2D eigenvalue weighted by Gasteiger charge is -2.06. The maximum atomic E-state index is 11.4. The molecule has 0 saturated heterocycles. The van der Waals surface area contributed by atoms with Gasteiger partial charge in [0.25, 0.3) is 5.78 Å². The fourth-order valence-electron chi connectivity index (χ4n) is 1.40. The Labute approximate surface area is 85.2 Å². The van der Waals surface area contributed by atoms with Crippen LogP contribution in [0.25, 0.3) is 0 Å². The number of aromatic hydroxyl groups is 1. The number of Topliss-reactive ketones (excluding diaryl/α,β-unsaturated/α-hetero) is 1. The predicted octanol–water partition coefficient (Wildman–Crippen LogP) is 0.893. The molecule has 1 heterocycles. The second-order valence-electron chi connectivity index (χ2n) is 2.97. The molecule has 0 spiro atoms. The van der Waals surface area contributed by atoms with Crippen LogP contribution in [0.5, 0.6) is 17.2 Å². The van der Waals surface area contributed by atoms with Crippen LogP contribution in [0.15, 0.2) is 12.1 Å². The molecule has 1 aromatic rings. The van der Waals surface area contributed by atoms with Gasteiger partial charge >= 0.3 is 5.97 Å². The van der Waals surface area contributed by atoms with Crippen LogP contribution in [0, 0.1) is 0 Å². The van der Waals surface area contributed by atoms with Crippen LogP contribution in [0.1, 0.15) is 17.3 Å². The third-order valence-corrected chi connectivity index (χ3v) is 1.97. The molecule has 5 heteroatoms. The Bertz CT molecular complexity index is 449. The minimum atomic E-state index is -0.948. The zero-order valence-corrected chi connectivity index (χ0v) is 7.94. The summed E-state index contributed by atoms with van der Waals surface area (Å²) in [5, 5.41) is 9.29. The highest BCUT2D eigenvalue weighted by molar-refractivity contribution is 6.45. The van der Waals surface area contributed by atoms with Crippen molar-refractivity contribution >= 4 is 11.8 Å². The van der Waals surface area contributed by atoms with Gasteiger partial charge in [0.1, 0.15) is 22.8 Å². The topological polar surface area (TPSA) is 72.8 Å². The van der Waals surface area contributed by atoms with E-state index in [1.807, 2.05) is 0 Å². The number of phenolic OH excluding ortho intramolecular Hbond substituents is 1. The van der Waals surface area contributed by atoms with Crippen LogP contribution in [0.4, 0.5) is 0 Å². The zero-order chi connectivity index (χ0) is 11.0. The first-order valence-electron chi connectivity index (χ1n) is 4.39. The molecule has 1 aliphatic rings. The van der Waals surface area contributed by atoms with Crippen LogP contribution in [-0.4, -0.2) is 23.5 Å². The molecule has 1 aromatic carbocycles. The lowest BCUT2D eigenvalue weighted by Crippen LogP contribution is -2.11. The van der Waals surface area contributed by atoms with Crippen molar-refractivity contribution in [1.29, 1.82) is 0 Å². The van der Waals surface area contributed by atoms with E-state index < -0.39 is 11.8 Å². The number of ether oxygens (including phenoxy) is 2. The number of rotatable bonds is 2. The van der Waals surface area contributed by atoms with E-state index in [4.69, 9.17) is 4.74 Å². The van der Waals surface area contributed by atoms with Gasteiger partial charge < -0.3 is 14.6 Å². The summed E-state index contributed by atoms with van der Waals surface area (Å²) < 4.78 is 9.79. The number of esters is 1. The summed E-state index contributed by atoms with van der Waals surface area (Å²) in [7, 11) is 0. The summed E-state index contributed by atoms with van der Waals surface area (Å²) in [6.45, 7) is 2.07. The van der Waals surface area contributed by atoms with Crippen LogP contribution in [0.2, 0.25) is 0 Å². The zero-order valence-electron chi connectivity index (χ0n) is 7.94. The molecular weight excluding hydrogens is 200 g/mol. The summed E-state index contributed by atoms with van der Waals surface area (Å²) in [5.74, 6) is -1.58. The minimum absolute atomic E-state index is 0.0495. The van der Waals surface area contributed by atoms with E-state index in [2.05, 4.69) is 4.74 Å². The summed E-state index contributed by atoms with van der Waals surface area (Å²) in [6.07, 6.45) is 0. The maximum absolute atomic E-state index is 11.4. The van der Waals surface area contributed by atoms with Crippen LogP contribution < -0.4 is 9.47 Å². The van der Waals surface area contributed by atoms with E-state index in [1.54, 1.807) is 6.92 Å². The van der Waals surface area contributed by atoms with Crippen LogP contribution in [0.3, 0.4) is 0 Å². The van der Waals surface area contributed by atoms with Gasteiger partial charge in [-0.3, -0.25) is 4.79 Å². The molecule has 0 aromatic heterocycles. The van der Waals surface area contributed by atoms with Crippen molar-refractivity contribution in [2.75, 3.05) is 6.61 Å². The van der Waals surface area contributed by atoms with Crippen molar-refractivity contribution in [1.82, 2.24) is 0 Å². The molecule has 0 aliphatic carbocycles. The average molecular weight is 208 g/mol. The van der Waals surface area contributed by atoms with Crippen LogP contribution in [-0.2, 0) is 4.79 Å². The first-order valence-corrected chi connectivity index (χ1v) is 4.39. The first-order chi connectivity index (χ1) is 7.13. The molecule has 0 radical (unpaired) electrons. The molecule has 5 nitrogen and oxygen atoms in total. The third-order valence-electron chi connectivity index (χ3n) is 1.97. The molecule has 1 aliphatic heterocycles. The lowest BCUT2D eigenvalue weighted by molar-refractivity contribution is -0.128. The molecule has 0 atom stereocenters. The van der Waals surface area contributed by atoms with Gasteiger partial charge in [-0.2, -0.15) is 0 Å². The SMILES string of the molecule is CCOc1cc(O)cc2c1C(=O)C(=O)O2. The van der Waals surface area contributed by atoms with E-state index in [0.717, 1.165) is 0 Å². The Morgan fingerprint density at radius 2 is 2.13 bits per heavy atom. The van der Waals surface area contributed by atoms with E-state index in [-0.39, 0.29) is 22.8 Å². The highest BCUT2D eigenvalue weighted by Crippen LogP contribution is 2.37. The number of benzene rings is 1. The summed E-state index contributed by atoms with van der Waals surface area (Å²) in [4.78, 5) is 22.4. The molecule has 2 rings (SSSR count). The first kappa shape index (κ1) is 9.51. The number of carbonyl (C=O) groups excluding carboxylic acids is 2. The van der Waals surface area contributed by atoms with E-state index in [9.17, 15) is 14.7 Å². The third kappa shape index (κ3) is 1.41. The van der Waals surface area contributed by atoms with Gasteiger partial charge in [0.2, 0.25) is 0 Å². The Morgan fingerprint density at radius 1 is 1.40 bits per heavy atom. The van der Waals surface area contributed by atoms with Gasteiger partial charge in [-0.15, -0.1) is 0 Å². The molecule has 0 unspecified atom stereocenters. The smallest absolute Gasteiger partial charge is 0.385 e. The fourth-order valence-corrected chi connectivity index (χ4v) is 1.40. The standard InChI is InChI=1S/C10H8O5/c1-2-14-6-3-5(11)4-7-8(6)9(12)10(13)15-7/h3-4,11H,2H2,1H3. The van der Waals surface area contributed by atoms with Crippen molar-refractivity contribution in [2.45, 2.75) is 6.92 Å². The normalized spacial score (nSPS) is 13.7. The number of carbonyl (C=O) groups is 2. The number of hydrogen-bond donors (Lipinski definition) is 1. The van der Waals surface area contributed by atoms with E-state index in [1.165, 1.54) is 12.1 Å². The monoisotopic (exact) mass is 208 g/mol. The molecule has 15 heavy (non-hydrogen) atoms. The summed E-state index contributed by atoms with van der Waals surface area (Å²) in [6, 6.07) is 2.49. The molecule has 1 N–H and O–H groups in total. The number of phenols is 1. The number of hydrogen-bond acceptors (Lipinski definition) is 5. The Morgan fingerprint density at radius 3 is 2.80 bits per heavy atom. The highest BCUT2D eigenvalue weighted by Gasteiger charge is 2.34. The fraction of sp³-hybridized carbons (Fsp3) is 0.200. The molecule has 78 valence electrons. The number of fused-ring (bicyclic) bond motifs is 1. The second-order valence-corrected chi connectivity index (χ2v) is 2.97. The molecular formula is C10H8O5. The number of ketones is 1. The molecule has 0 fully saturated rings. The Kier molecular flexibility index (Phi) is 2.07. The van der Waals surface area contributed by atoms with Crippen molar-refractivity contribution in [3.05, 3.63) is 17.7 Å². The van der Waals surface area contributed by atoms with Gasteiger partial charge in [-0.1, -0.05) is 0 Å². The average Bonchev–Trinajstić information content (AvgIpc) is 2.42. The minimum Gasteiger partial charge on any atom is -0.508 e. The predicted molar refractivity (Wildman–Crippen MR) is 49.2 cm³/mol. The Balaban J connectivity index is 2.58. The van der Waals surface area contributed by atoms with Crippen molar-refractivity contribution in [3.8, 4) is 17.2 Å². The lowest BCUT2D eigenvalue weighted by atomic mass is 10.1. The second kappa shape index (κ2) is 3.27. The highest BCUT2D eigenvalue weighted by atomic mass is 16.5. The quantitative estimate of drug-likeness (QED) is 0.444. The van der Waals surface area contributed by atoms with Gasteiger partial charge in [0.15, 0.2) is 0 Å². The van der Waals surface area contributed by atoms with Gasteiger partial charge in [0.05, 0.1) is 6.61 Å². The largest absolute Gasteiger partial charge is 0.508 e. The summed E-state index contributed by atoms with van der Waals surface area (Å²) >= 11 is 0. The Hall–Kier alpha value is -2.04. The molecule has 0 saturated carbocycles. The van der Waals surface area contributed by atoms with Gasteiger partial charge in [0, 0.05) is 12.1 Å². The van der Waals surface area contributed by atoms with Crippen molar-refractivity contribution in [3.63, 3.8) is 0 Å². The molecule has 0 bridgehead atoms. The van der Waals surface area contributed by atoms with Gasteiger partial charge in [-0.05, 0) is 6.92 Å². The maximum Gasteiger partial charge on any atom is 0.385 e. The van der Waals surface area contributed by atoms with E-state index >= 15 is 0 Å².